The number of hydrogen-bond donors (Lipinski definition) is 4. The van der Waals surface area contributed by atoms with Crippen LogP contribution < -0.4 is 10.9 Å². The van der Waals surface area contributed by atoms with Gasteiger partial charge in [0.2, 0.25) is 0 Å². The van der Waals surface area contributed by atoms with E-state index in [0.717, 1.165) is 8.95 Å². The van der Waals surface area contributed by atoms with Crippen LogP contribution in [0.5, 0.6) is 11.5 Å². The van der Waals surface area contributed by atoms with Gasteiger partial charge in [0.1, 0.15) is 11.5 Å². The Morgan fingerprint density at radius 2 is 1.19 bits per heavy atom. The van der Waals surface area contributed by atoms with Crippen molar-refractivity contribution in [3.05, 3.63) is 53.3 Å². The molecule has 0 atom stereocenters. The average molecular weight is 614 g/mol. The monoisotopic (exact) mass is 610 g/mol. The molecule has 2 amide bonds. The van der Waals surface area contributed by atoms with Gasteiger partial charge in [-0.05, 0) is 56.1 Å². The number of nitrogens with one attached hydrogen (secondary N) is 2. The molecular weight excluding hydrogens is 604 g/mol. The predicted molar refractivity (Wildman–Crippen MR) is 114 cm³/mol. The summed E-state index contributed by atoms with van der Waals surface area (Å²) in [6.45, 7) is 0. The van der Waals surface area contributed by atoms with Crippen LogP contribution in [-0.4, -0.2) is 28.7 Å². The lowest BCUT2D eigenvalue weighted by Crippen LogP contribution is -2.28. The van der Waals surface area contributed by atoms with E-state index in [1.807, 2.05) is 0 Å². The zero-order chi connectivity index (χ0) is 19.3. The summed E-state index contributed by atoms with van der Waals surface area (Å²) in [5, 5.41) is 27.2. The van der Waals surface area contributed by atoms with Crippen molar-refractivity contribution in [1.82, 2.24) is 10.9 Å². The molecule has 26 heavy (non-hydrogen) atoms. The molecule has 4 N–H and O–H groups in total. The number of urea groups is 1. The Labute approximate surface area is 182 Å². The molecule has 136 valence electrons. The molecule has 0 saturated heterocycles. The zero-order valence-corrected chi connectivity index (χ0v) is 19.0. The quantitative estimate of drug-likeness (QED) is 0.294. The topological polar surface area (TPSA) is 106 Å². The van der Waals surface area contributed by atoms with E-state index in [2.05, 4.69) is 84.8 Å². The maximum absolute atomic E-state index is 11.6. The highest BCUT2D eigenvalue weighted by molar-refractivity contribution is 9.11. The van der Waals surface area contributed by atoms with Gasteiger partial charge in [-0.15, -0.1) is 0 Å². The van der Waals surface area contributed by atoms with E-state index in [4.69, 9.17) is 0 Å². The Kier molecular flexibility index (Phi) is 7.62. The van der Waals surface area contributed by atoms with Crippen molar-refractivity contribution in [3.63, 3.8) is 0 Å². The first-order chi connectivity index (χ1) is 12.3. The Morgan fingerprint density at radius 1 is 0.808 bits per heavy atom. The molecule has 0 aliphatic heterocycles. The van der Waals surface area contributed by atoms with E-state index in [1.54, 1.807) is 24.3 Å². The van der Waals surface area contributed by atoms with E-state index in [0.29, 0.717) is 20.1 Å². The van der Waals surface area contributed by atoms with Gasteiger partial charge >= 0.3 is 6.03 Å². The van der Waals surface area contributed by atoms with Gasteiger partial charge in [0.15, 0.2) is 0 Å². The Balaban J connectivity index is 1.96. The summed E-state index contributed by atoms with van der Waals surface area (Å²) in [5.74, 6) is -0.0132. The highest BCUT2D eigenvalue weighted by Gasteiger charge is 2.06. The van der Waals surface area contributed by atoms with Crippen LogP contribution in [0.1, 0.15) is 11.1 Å². The summed E-state index contributed by atoms with van der Waals surface area (Å²) in [7, 11) is 0. The smallest absolute Gasteiger partial charge is 0.355 e. The maximum Gasteiger partial charge on any atom is 0.355 e. The molecule has 2 rings (SSSR count). The summed E-state index contributed by atoms with van der Waals surface area (Å²) < 4.78 is 2.44. The minimum atomic E-state index is -0.695. The minimum Gasteiger partial charge on any atom is -0.506 e. The molecule has 7 nitrogen and oxygen atoms in total. The molecule has 2 aromatic rings. The summed E-state index contributed by atoms with van der Waals surface area (Å²) in [4.78, 5) is 11.6. The minimum absolute atomic E-state index is 0.00659. The van der Waals surface area contributed by atoms with Crippen molar-refractivity contribution in [2.24, 2.45) is 10.2 Å². The van der Waals surface area contributed by atoms with Gasteiger partial charge in [0, 0.05) is 20.1 Å². The molecule has 0 spiro atoms. The van der Waals surface area contributed by atoms with Crippen LogP contribution in [0.15, 0.2) is 52.4 Å². The highest BCUT2D eigenvalue weighted by Crippen LogP contribution is 2.31. The first kappa shape index (κ1) is 20.9. The number of phenols is 2. The van der Waals surface area contributed by atoms with E-state index in [-0.39, 0.29) is 11.5 Å². The van der Waals surface area contributed by atoms with E-state index in [1.165, 1.54) is 12.4 Å². The number of nitrogens with zero attached hydrogens (tertiary/aromatic N) is 2. The highest BCUT2D eigenvalue weighted by atomic mass is 79.9. The van der Waals surface area contributed by atoms with Crippen LogP contribution in [0.2, 0.25) is 0 Å². The van der Waals surface area contributed by atoms with Crippen molar-refractivity contribution in [2.45, 2.75) is 0 Å². The molecule has 0 heterocycles. The lowest BCUT2D eigenvalue weighted by molar-refractivity contribution is 0.242. The van der Waals surface area contributed by atoms with Crippen LogP contribution in [0.3, 0.4) is 0 Å². The zero-order valence-electron chi connectivity index (χ0n) is 12.7. The number of halogens is 4. The normalized spacial score (nSPS) is 11.2. The molecule has 0 aliphatic rings. The second kappa shape index (κ2) is 9.49. The van der Waals surface area contributed by atoms with Gasteiger partial charge in [-0.3, -0.25) is 0 Å². The van der Waals surface area contributed by atoms with E-state index < -0.39 is 6.03 Å². The fraction of sp³-hybridized carbons (Fsp3) is 0. The number of carbonyl (C=O) groups is 1. The van der Waals surface area contributed by atoms with Crippen LogP contribution in [0.4, 0.5) is 4.79 Å². The first-order valence-corrected chi connectivity index (χ1v) is 9.93. The van der Waals surface area contributed by atoms with E-state index in [9.17, 15) is 15.0 Å². The van der Waals surface area contributed by atoms with Gasteiger partial charge in [-0.1, -0.05) is 31.9 Å². The van der Waals surface area contributed by atoms with Gasteiger partial charge in [0.05, 0.1) is 21.4 Å². The fourth-order valence-electron chi connectivity index (χ4n) is 1.71. The second-order valence-electron chi connectivity index (χ2n) is 4.72. The van der Waals surface area contributed by atoms with Crippen molar-refractivity contribution in [3.8, 4) is 11.5 Å². The number of phenolic OH excluding ortho intramolecular Hbond substituents is 2. The lowest BCUT2D eigenvalue weighted by Gasteiger charge is -2.04. The number of hydrazone groups is 2. The van der Waals surface area contributed by atoms with Crippen LogP contribution >= 0.6 is 63.7 Å². The van der Waals surface area contributed by atoms with Crippen molar-refractivity contribution in [1.29, 1.82) is 0 Å². The lowest BCUT2D eigenvalue weighted by atomic mass is 10.2. The average Bonchev–Trinajstić information content (AvgIpc) is 2.56. The fourth-order valence-corrected chi connectivity index (χ4v) is 4.23. The largest absolute Gasteiger partial charge is 0.506 e. The van der Waals surface area contributed by atoms with Gasteiger partial charge in [-0.25, -0.2) is 15.6 Å². The second-order valence-corrected chi connectivity index (χ2v) is 8.26. The third-order valence-corrected chi connectivity index (χ3v) is 4.98. The molecule has 0 aromatic heterocycles. The van der Waals surface area contributed by atoms with Crippen molar-refractivity contribution < 1.29 is 15.0 Å². The molecule has 0 unspecified atom stereocenters. The molecule has 0 saturated carbocycles. The number of carbonyl (C=O) groups excluding carboxylic acids is 1. The molecular formula is C15H10Br4N4O3. The third-order valence-electron chi connectivity index (χ3n) is 2.85. The van der Waals surface area contributed by atoms with E-state index >= 15 is 0 Å². The van der Waals surface area contributed by atoms with Crippen LogP contribution in [-0.2, 0) is 0 Å². The SMILES string of the molecule is O=C(N/N=C\c1cc(Br)cc(Br)c1O)N/N=C\c1cc(Br)cc(Br)c1O. The van der Waals surface area contributed by atoms with Gasteiger partial charge < -0.3 is 10.2 Å². The summed E-state index contributed by atoms with van der Waals surface area (Å²) in [5.41, 5.74) is 5.21. The van der Waals surface area contributed by atoms with Crippen molar-refractivity contribution in [2.75, 3.05) is 0 Å². The van der Waals surface area contributed by atoms with Crippen molar-refractivity contribution >= 4 is 82.2 Å². The molecule has 2 aromatic carbocycles. The predicted octanol–water partition coefficient (Wildman–Crippen LogP) is 4.82. The number of rotatable bonds is 4. The molecule has 11 heteroatoms. The van der Waals surface area contributed by atoms with Crippen LogP contribution in [0.25, 0.3) is 0 Å². The maximum atomic E-state index is 11.6. The standard InChI is InChI=1S/C15H10Br4N4O3/c16-9-1-7(13(24)11(18)3-9)5-20-22-15(26)23-21-6-8-2-10(17)4-12(19)14(8)25/h1-6,24-25H,(H2,22,23,26)/b20-5-,21-6-. The molecule has 0 aliphatic carbocycles. The molecule has 0 fully saturated rings. The summed E-state index contributed by atoms with van der Waals surface area (Å²) >= 11 is 13.0. The molecule has 0 radical (unpaired) electrons. The third kappa shape index (κ3) is 5.79. The van der Waals surface area contributed by atoms with Gasteiger partial charge in [0.25, 0.3) is 0 Å². The first-order valence-electron chi connectivity index (χ1n) is 6.76. The Bertz CT molecular complexity index is 831. The number of amides is 2. The number of hydrogen-bond acceptors (Lipinski definition) is 5. The number of benzene rings is 2. The van der Waals surface area contributed by atoms with Gasteiger partial charge in [-0.2, -0.15) is 10.2 Å². The van der Waals surface area contributed by atoms with Crippen LogP contribution in [0, 0.1) is 0 Å². The summed E-state index contributed by atoms with van der Waals surface area (Å²) in [6, 6.07) is 5.93. The molecule has 0 bridgehead atoms. The number of aromatic hydroxyl groups is 2. The summed E-state index contributed by atoms with van der Waals surface area (Å²) in [6.07, 6.45) is 2.57. The Morgan fingerprint density at radius 3 is 1.58 bits per heavy atom. The Hall–Kier alpha value is -1.43.